The summed E-state index contributed by atoms with van der Waals surface area (Å²) < 4.78 is 13.9. The van der Waals surface area contributed by atoms with E-state index in [1.165, 1.54) is 28.8 Å². The number of nitriles is 1. The summed E-state index contributed by atoms with van der Waals surface area (Å²) in [6.07, 6.45) is 6.83. The lowest BCUT2D eigenvalue weighted by atomic mass is 9.97. The number of pyridine rings is 1. The second-order valence-electron chi connectivity index (χ2n) is 5.82. The van der Waals surface area contributed by atoms with Gasteiger partial charge in [0.2, 0.25) is 0 Å². The normalized spacial score (nSPS) is 15.1. The Labute approximate surface area is 135 Å². The molecule has 1 aromatic heterocycles. The van der Waals surface area contributed by atoms with Gasteiger partial charge in [-0.3, -0.25) is 9.88 Å². The molecule has 1 aliphatic rings. The minimum atomic E-state index is -0.248. The topological polar surface area (TPSA) is 39.9 Å². The molecule has 0 aliphatic carbocycles. The molecule has 23 heavy (non-hydrogen) atoms. The van der Waals surface area contributed by atoms with E-state index in [1.807, 2.05) is 12.3 Å². The average Bonchev–Trinajstić information content (AvgIpc) is 2.58. The van der Waals surface area contributed by atoms with Crippen molar-refractivity contribution in [3.8, 4) is 6.07 Å². The number of halogens is 1. The summed E-state index contributed by atoms with van der Waals surface area (Å²) >= 11 is 0. The minimum Gasteiger partial charge on any atom is -0.295 e. The van der Waals surface area contributed by atoms with Gasteiger partial charge in [0, 0.05) is 37.6 Å². The number of aromatic nitrogens is 1. The smallest absolute Gasteiger partial charge is 0.127 e. The molecule has 0 saturated heterocycles. The lowest BCUT2D eigenvalue weighted by Crippen LogP contribution is -2.28. The maximum Gasteiger partial charge on any atom is 0.127 e. The van der Waals surface area contributed by atoms with Gasteiger partial charge in [0.25, 0.3) is 0 Å². The zero-order valence-electron chi connectivity index (χ0n) is 13.1. The molecule has 0 bridgehead atoms. The van der Waals surface area contributed by atoms with E-state index in [9.17, 15) is 4.39 Å². The highest BCUT2D eigenvalue weighted by atomic mass is 19.1. The number of aryl methyl sites for hydroxylation is 1. The van der Waals surface area contributed by atoms with Crippen LogP contribution in [0, 0.1) is 24.1 Å². The molecule has 2 heterocycles. The quantitative estimate of drug-likeness (QED) is 0.868. The summed E-state index contributed by atoms with van der Waals surface area (Å²) in [6, 6.07) is 8.61. The molecule has 1 aliphatic heterocycles. The van der Waals surface area contributed by atoms with Gasteiger partial charge in [-0.15, -0.1) is 0 Å². The van der Waals surface area contributed by atoms with Gasteiger partial charge in [0.15, 0.2) is 0 Å². The van der Waals surface area contributed by atoms with Crippen LogP contribution in [0.2, 0.25) is 0 Å². The molecule has 0 N–H and O–H groups in total. The largest absolute Gasteiger partial charge is 0.295 e. The Morgan fingerprint density at radius 3 is 2.91 bits per heavy atom. The summed E-state index contributed by atoms with van der Waals surface area (Å²) in [7, 11) is 0. The van der Waals surface area contributed by atoms with Crippen LogP contribution in [0.1, 0.15) is 28.7 Å². The van der Waals surface area contributed by atoms with Gasteiger partial charge in [0.05, 0.1) is 11.6 Å². The Morgan fingerprint density at radius 2 is 2.22 bits per heavy atom. The monoisotopic (exact) mass is 307 g/mol. The van der Waals surface area contributed by atoms with Crippen LogP contribution in [0.15, 0.2) is 42.7 Å². The Balaban J connectivity index is 1.72. The van der Waals surface area contributed by atoms with E-state index < -0.39 is 0 Å². The summed E-state index contributed by atoms with van der Waals surface area (Å²) in [5.74, 6) is -0.248. The zero-order valence-corrected chi connectivity index (χ0v) is 13.1. The van der Waals surface area contributed by atoms with E-state index in [4.69, 9.17) is 5.26 Å². The minimum absolute atomic E-state index is 0.248. The van der Waals surface area contributed by atoms with Crippen LogP contribution in [0.5, 0.6) is 0 Å². The molecule has 3 nitrogen and oxygen atoms in total. The van der Waals surface area contributed by atoms with Crippen molar-refractivity contribution in [3.05, 3.63) is 70.8 Å². The van der Waals surface area contributed by atoms with E-state index in [-0.39, 0.29) is 5.82 Å². The van der Waals surface area contributed by atoms with Crippen molar-refractivity contribution >= 4 is 5.57 Å². The number of benzene rings is 1. The molecule has 0 unspecified atom stereocenters. The van der Waals surface area contributed by atoms with E-state index in [0.29, 0.717) is 17.7 Å². The lowest BCUT2D eigenvalue weighted by Gasteiger charge is -2.27. The second-order valence-corrected chi connectivity index (χ2v) is 5.82. The summed E-state index contributed by atoms with van der Waals surface area (Å²) in [4.78, 5) is 6.39. The molecule has 0 spiro atoms. The molecule has 1 aromatic carbocycles. The third-order valence-electron chi connectivity index (χ3n) is 4.25. The van der Waals surface area contributed by atoms with Crippen molar-refractivity contribution in [2.45, 2.75) is 19.9 Å². The summed E-state index contributed by atoms with van der Waals surface area (Å²) in [6.45, 7) is 4.26. The molecule has 0 saturated carbocycles. The first-order valence-corrected chi connectivity index (χ1v) is 7.68. The van der Waals surface area contributed by atoms with Crippen molar-refractivity contribution in [2.24, 2.45) is 0 Å². The number of hydrogen-bond acceptors (Lipinski definition) is 3. The summed E-state index contributed by atoms with van der Waals surface area (Å²) in [5.41, 5.74) is 4.81. The first-order valence-electron chi connectivity index (χ1n) is 7.68. The highest BCUT2D eigenvalue weighted by Gasteiger charge is 2.16. The molecule has 4 heteroatoms. The maximum atomic E-state index is 13.9. The molecule has 116 valence electrons. The van der Waals surface area contributed by atoms with Crippen molar-refractivity contribution in [3.63, 3.8) is 0 Å². The highest BCUT2D eigenvalue weighted by Crippen LogP contribution is 2.25. The van der Waals surface area contributed by atoms with Crippen molar-refractivity contribution in [2.75, 3.05) is 13.1 Å². The predicted molar refractivity (Wildman–Crippen MR) is 88.0 cm³/mol. The number of hydrogen-bond donors (Lipinski definition) is 0. The van der Waals surface area contributed by atoms with Crippen molar-refractivity contribution < 1.29 is 4.39 Å². The second kappa shape index (κ2) is 6.72. The maximum absolute atomic E-state index is 13.9. The third kappa shape index (κ3) is 3.46. The van der Waals surface area contributed by atoms with Crippen LogP contribution in [-0.2, 0) is 6.54 Å². The molecular formula is C19H18FN3. The number of rotatable bonds is 3. The highest BCUT2D eigenvalue weighted by molar-refractivity contribution is 5.68. The van der Waals surface area contributed by atoms with Crippen LogP contribution in [0.4, 0.5) is 4.39 Å². The molecule has 0 atom stereocenters. The molecule has 3 rings (SSSR count). The fourth-order valence-corrected chi connectivity index (χ4v) is 2.91. The van der Waals surface area contributed by atoms with E-state index in [2.05, 4.69) is 29.0 Å². The van der Waals surface area contributed by atoms with Gasteiger partial charge in [-0.25, -0.2) is 4.39 Å². The fraction of sp³-hybridized carbons (Fsp3) is 0.263. The Bertz CT molecular complexity index is 789. The third-order valence-corrected chi connectivity index (χ3v) is 4.25. The van der Waals surface area contributed by atoms with E-state index in [1.54, 1.807) is 12.3 Å². The molecule has 0 fully saturated rings. The molecular weight excluding hydrogens is 289 g/mol. The Morgan fingerprint density at radius 1 is 1.35 bits per heavy atom. The van der Waals surface area contributed by atoms with Gasteiger partial charge < -0.3 is 0 Å². The predicted octanol–water partition coefficient (Wildman–Crippen LogP) is 3.69. The first-order chi connectivity index (χ1) is 11.2. The Hall–Kier alpha value is -2.51. The van der Waals surface area contributed by atoms with Crippen molar-refractivity contribution in [1.82, 2.24) is 9.88 Å². The zero-order chi connectivity index (χ0) is 16.2. The molecule has 0 amide bonds. The van der Waals surface area contributed by atoms with Gasteiger partial charge in [0.1, 0.15) is 5.82 Å². The van der Waals surface area contributed by atoms with E-state index >= 15 is 0 Å². The van der Waals surface area contributed by atoms with Crippen LogP contribution in [0.3, 0.4) is 0 Å². The van der Waals surface area contributed by atoms with Gasteiger partial charge in [-0.1, -0.05) is 6.08 Å². The van der Waals surface area contributed by atoms with Crippen LogP contribution in [-0.4, -0.2) is 23.0 Å². The van der Waals surface area contributed by atoms with Gasteiger partial charge >= 0.3 is 0 Å². The Kier molecular flexibility index (Phi) is 4.50. The SMILES string of the molecule is Cc1ccncc1C1=CCN(Cc2cc(C#N)ccc2F)CC1. The van der Waals surface area contributed by atoms with E-state index in [0.717, 1.165) is 19.5 Å². The number of nitrogens with zero attached hydrogens (tertiary/aromatic N) is 3. The molecule has 2 aromatic rings. The van der Waals surface area contributed by atoms with Crippen molar-refractivity contribution in [1.29, 1.82) is 5.26 Å². The summed E-state index contributed by atoms with van der Waals surface area (Å²) in [5, 5.41) is 8.94. The van der Waals surface area contributed by atoms with Crippen LogP contribution >= 0.6 is 0 Å². The molecule has 0 radical (unpaired) electrons. The van der Waals surface area contributed by atoms with Crippen LogP contribution in [0.25, 0.3) is 5.57 Å². The average molecular weight is 307 g/mol. The first kappa shape index (κ1) is 15.4. The van der Waals surface area contributed by atoms with Gasteiger partial charge in [-0.05, 0) is 54.3 Å². The van der Waals surface area contributed by atoms with Gasteiger partial charge in [-0.2, -0.15) is 5.26 Å². The fourth-order valence-electron chi connectivity index (χ4n) is 2.91. The van der Waals surface area contributed by atoms with Crippen LogP contribution < -0.4 is 0 Å². The standard InChI is InChI=1S/C19H18FN3/c1-14-4-7-22-12-18(14)16-5-8-23(9-6-16)13-17-10-15(11-21)2-3-19(17)20/h2-5,7,10,12H,6,8-9,13H2,1H3. The lowest BCUT2D eigenvalue weighted by molar-refractivity contribution is 0.289.